The predicted octanol–water partition coefficient (Wildman–Crippen LogP) is 2.91. The summed E-state index contributed by atoms with van der Waals surface area (Å²) in [5, 5.41) is 20.4. The van der Waals surface area contributed by atoms with Crippen molar-refractivity contribution in [3.8, 4) is 23.0 Å². The Hall–Kier alpha value is -2.70. The lowest BCUT2D eigenvalue weighted by Crippen LogP contribution is -2.29. The van der Waals surface area contributed by atoms with Gasteiger partial charge in [0.2, 0.25) is 0 Å². The van der Waals surface area contributed by atoms with Crippen LogP contribution in [0.15, 0.2) is 49.1 Å². The predicted molar refractivity (Wildman–Crippen MR) is 103 cm³/mol. The third kappa shape index (κ3) is 4.93. The summed E-state index contributed by atoms with van der Waals surface area (Å²) in [6.07, 6.45) is 0.538. The monoisotopic (exact) mass is 374 g/mol. The fraction of sp³-hybridized carbons (Fsp3) is 0.333. The lowest BCUT2D eigenvalue weighted by Gasteiger charge is -2.24. The topological polar surface area (TPSA) is 77.4 Å². The van der Waals surface area contributed by atoms with Gasteiger partial charge in [0.05, 0.1) is 27.9 Å². The summed E-state index contributed by atoms with van der Waals surface area (Å²) in [7, 11) is 4.60. The van der Waals surface area contributed by atoms with E-state index in [1.54, 1.807) is 37.5 Å². The Labute approximate surface area is 159 Å². The molecule has 0 fully saturated rings. The average Bonchev–Trinajstić information content (AvgIpc) is 2.71. The van der Waals surface area contributed by atoms with Crippen molar-refractivity contribution in [2.75, 3.05) is 27.9 Å². The van der Waals surface area contributed by atoms with E-state index in [4.69, 9.17) is 18.9 Å². The molecule has 2 rings (SSSR count). The number of methoxy groups -OCH3 is 3. The Balaban J connectivity index is 2.25. The molecule has 0 aromatic heterocycles. The fourth-order valence-corrected chi connectivity index (χ4v) is 2.72. The Bertz CT molecular complexity index is 758. The Morgan fingerprint density at radius 1 is 0.926 bits per heavy atom. The highest BCUT2D eigenvalue weighted by Crippen LogP contribution is 2.34. The molecule has 146 valence electrons. The third-order valence-electron chi connectivity index (χ3n) is 4.17. The van der Waals surface area contributed by atoms with Gasteiger partial charge in [0.15, 0.2) is 29.1 Å². The fourth-order valence-electron chi connectivity index (χ4n) is 2.72. The quantitative estimate of drug-likeness (QED) is 0.623. The molecule has 2 aromatic carbocycles. The van der Waals surface area contributed by atoms with Crippen LogP contribution in [0.5, 0.6) is 23.0 Å². The first kappa shape index (κ1) is 20.6. The maximum Gasteiger partial charge on any atom is 0.161 e. The number of aliphatic hydroxyl groups is 2. The minimum Gasteiger partial charge on any atom is -0.493 e. The van der Waals surface area contributed by atoms with E-state index in [-0.39, 0.29) is 6.61 Å². The summed E-state index contributed by atoms with van der Waals surface area (Å²) in [6, 6.07) is 10.5. The molecule has 0 amide bonds. The first-order valence-electron chi connectivity index (χ1n) is 8.53. The number of allylic oxidation sites excluding steroid dienone is 1. The molecule has 0 heterocycles. The number of rotatable bonds is 10. The third-order valence-corrected chi connectivity index (χ3v) is 4.17. The van der Waals surface area contributed by atoms with Gasteiger partial charge < -0.3 is 29.2 Å². The van der Waals surface area contributed by atoms with Crippen LogP contribution in [0.25, 0.3) is 0 Å². The van der Waals surface area contributed by atoms with Crippen LogP contribution in [0.3, 0.4) is 0 Å². The van der Waals surface area contributed by atoms with Gasteiger partial charge in [0.25, 0.3) is 0 Å². The van der Waals surface area contributed by atoms with E-state index < -0.39 is 12.2 Å². The summed E-state index contributed by atoms with van der Waals surface area (Å²) in [5.74, 6) is 1.99. The lowest BCUT2D eigenvalue weighted by atomic mass is 10.0. The number of hydrogen-bond donors (Lipinski definition) is 2. The largest absolute Gasteiger partial charge is 0.493 e. The van der Waals surface area contributed by atoms with Gasteiger partial charge in [-0.3, -0.25) is 0 Å². The van der Waals surface area contributed by atoms with E-state index >= 15 is 0 Å². The van der Waals surface area contributed by atoms with Crippen molar-refractivity contribution in [2.24, 2.45) is 0 Å². The highest BCUT2D eigenvalue weighted by atomic mass is 16.5. The highest BCUT2D eigenvalue weighted by Gasteiger charge is 2.24. The molecule has 2 atom stereocenters. The Kier molecular flexibility index (Phi) is 7.52. The molecular weight excluding hydrogens is 348 g/mol. The standard InChI is InChI=1S/C21H26O6/c1-5-6-14-7-9-17(18(11-14)25-3)27-20(13-22)21(23)15-8-10-16(24-2)19(12-15)26-4/h5,7-12,20-23H,1,6,13H2,2-4H3. The van der Waals surface area contributed by atoms with Gasteiger partial charge in [-0.05, 0) is 41.8 Å². The average molecular weight is 374 g/mol. The molecule has 2 unspecified atom stereocenters. The number of aliphatic hydroxyl groups excluding tert-OH is 2. The molecule has 0 saturated heterocycles. The molecule has 0 radical (unpaired) electrons. The van der Waals surface area contributed by atoms with Crippen molar-refractivity contribution in [1.82, 2.24) is 0 Å². The molecule has 0 aliphatic rings. The van der Waals surface area contributed by atoms with Crippen LogP contribution in [-0.2, 0) is 6.42 Å². The Morgan fingerprint density at radius 3 is 2.15 bits per heavy atom. The van der Waals surface area contributed by atoms with Crippen LogP contribution in [0, 0.1) is 0 Å². The molecule has 0 aliphatic heterocycles. The Morgan fingerprint density at radius 2 is 1.56 bits per heavy atom. The van der Waals surface area contributed by atoms with Gasteiger partial charge in [0.1, 0.15) is 6.10 Å². The molecule has 2 N–H and O–H groups in total. The van der Waals surface area contributed by atoms with Gasteiger partial charge >= 0.3 is 0 Å². The van der Waals surface area contributed by atoms with Crippen LogP contribution < -0.4 is 18.9 Å². The van der Waals surface area contributed by atoms with Crippen LogP contribution in [0.4, 0.5) is 0 Å². The lowest BCUT2D eigenvalue weighted by molar-refractivity contribution is -0.000524. The van der Waals surface area contributed by atoms with Gasteiger partial charge in [-0.2, -0.15) is 0 Å². The van der Waals surface area contributed by atoms with E-state index in [1.165, 1.54) is 14.2 Å². The number of hydrogen-bond acceptors (Lipinski definition) is 6. The van der Waals surface area contributed by atoms with Crippen molar-refractivity contribution in [3.63, 3.8) is 0 Å². The summed E-state index contributed by atoms with van der Waals surface area (Å²) in [6.45, 7) is 3.34. The second-order valence-electron chi connectivity index (χ2n) is 5.88. The molecule has 0 aliphatic carbocycles. The minimum atomic E-state index is -1.08. The van der Waals surface area contributed by atoms with Gasteiger partial charge in [0, 0.05) is 0 Å². The van der Waals surface area contributed by atoms with Gasteiger partial charge in [-0.1, -0.05) is 18.2 Å². The maximum atomic E-state index is 10.7. The van der Waals surface area contributed by atoms with Crippen LogP contribution in [0.1, 0.15) is 17.2 Å². The van der Waals surface area contributed by atoms with Crippen molar-refractivity contribution < 1.29 is 29.2 Å². The molecular formula is C21H26O6. The van der Waals surface area contributed by atoms with Crippen molar-refractivity contribution >= 4 is 0 Å². The van der Waals surface area contributed by atoms with Crippen molar-refractivity contribution in [2.45, 2.75) is 18.6 Å². The highest BCUT2D eigenvalue weighted by molar-refractivity contribution is 5.45. The normalized spacial score (nSPS) is 12.8. The van der Waals surface area contributed by atoms with Crippen molar-refractivity contribution in [1.29, 1.82) is 0 Å². The summed E-state index contributed by atoms with van der Waals surface area (Å²) in [5.41, 5.74) is 1.56. The van der Waals surface area contributed by atoms with Crippen LogP contribution >= 0.6 is 0 Å². The van der Waals surface area contributed by atoms with Crippen molar-refractivity contribution in [3.05, 3.63) is 60.2 Å². The second-order valence-corrected chi connectivity index (χ2v) is 5.88. The first-order valence-corrected chi connectivity index (χ1v) is 8.53. The van der Waals surface area contributed by atoms with E-state index in [0.717, 1.165) is 5.56 Å². The maximum absolute atomic E-state index is 10.7. The van der Waals surface area contributed by atoms with Crippen LogP contribution in [-0.4, -0.2) is 44.3 Å². The van der Waals surface area contributed by atoms with Gasteiger partial charge in [-0.25, -0.2) is 0 Å². The van der Waals surface area contributed by atoms with Gasteiger partial charge in [-0.15, -0.1) is 6.58 Å². The smallest absolute Gasteiger partial charge is 0.161 e. The zero-order valence-corrected chi connectivity index (χ0v) is 15.8. The molecule has 27 heavy (non-hydrogen) atoms. The van der Waals surface area contributed by atoms with E-state index in [0.29, 0.717) is 35.0 Å². The van der Waals surface area contributed by atoms with E-state index in [9.17, 15) is 10.2 Å². The summed E-state index contributed by atoms with van der Waals surface area (Å²) >= 11 is 0. The SMILES string of the molecule is C=CCc1ccc(OC(CO)C(O)c2ccc(OC)c(OC)c2)c(OC)c1. The second kappa shape index (κ2) is 9.85. The van der Waals surface area contributed by atoms with Crippen LogP contribution in [0.2, 0.25) is 0 Å². The summed E-state index contributed by atoms with van der Waals surface area (Å²) in [4.78, 5) is 0. The molecule has 6 heteroatoms. The number of benzene rings is 2. The molecule has 0 bridgehead atoms. The minimum absolute atomic E-state index is 0.382. The number of ether oxygens (including phenoxy) is 4. The molecule has 0 saturated carbocycles. The molecule has 2 aromatic rings. The molecule has 6 nitrogen and oxygen atoms in total. The first-order chi connectivity index (χ1) is 13.1. The molecule has 0 spiro atoms. The zero-order valence-electron chi connectivity index (χ0n) is 15.8. The summed E-state index contributed by atoms with van der Waals surface area (Å²) < 4.78 is 21.7. The zero-order chi connectivity index (χ0) is 19.8. The van der Waals surface area contributed by atoms with E-state index in [2.05, 4.69) is 6.58 Å². The van der Waals surface area contributed by atoms with E-state index in [1.807, 2.05) is 12.1 Å².